The van der Waals surface area contributed by atoms with Crippen LogP contribution in [0.4, 0.5) is 0 Å². The van der Waals surface area contributed by atoms with Gasteiger partial charge in [0.2, 0.25) is 0 Å². The van der Waals surface area contributed by atoms with Gasteiger partial charge in [-0.1, -0.05) is 80.6 Å². The normalized spacial score (nSPS) is 31.4. The minimum absolute atomic E-state index is 0.00745. The Morgan fingerprint density at radius 2 is 1.39 bits per heavy atom. The predicted molar refractivity (Wildman–Crippen MR) is 234 cm³/mol. The third-order valence-corrected chi connectivity index (χ3v) is 14.6. The SMILES string of the molecule is CC(=O)O[C@H]1C(=O)[C@]2(C)[C@@H](OC(=O)C3CC3)C[C@H]3OC[C@@]3(OC(C)=O)[C@H]2[C@H](OC(=O)c2ccccc2)[C@]2(O)C[C@H](OC(=O)[C@H](O)[C@@H](NC(=O)c3ccccc3)c3ccccc3)C(C)=C1C2(C)C. The standard InChI is InChI=1S/C51H55NO15/c1-27-34(64-47(60)39(55)38(30-16-10-7-11-17-30)52-44(57)31-18-12-8-13-19-31)25-51(61)43(66-46(59)32-20-14-9-15-21-32)41-49(6,42(56)40(63-28(2)53)37(27)48(51,4)5)35(65-45(58)33-22-23-33)24-36-50(41,26-62-36)67-29(3)54/h7-21,33-36,38-41,43,55,61H,22-26H2,1-6H3,(H,52,57)/t34-,35-,36+,38-,39+,40+,41-,43-,49+,50-,51+/m0/s1. The second-order valence-electron chi connectivity index (χ2n) is 19.0. The predicted octanol–water partition coefficient (Wildman–Crippen LogP) is 4.70. The Morgan fingerprint density at radius 1 is 0.791 bits per heavy atom. The molecule has 3 aromatic carbocycles. The molecule has 3 N–H and O–H groups in total. The molecule has 16 heteroatoms. The Hall–Kier alpha value is -6.23. The first kappa shape index (κ1) is 47.3. The highest BCUT2D eigenvalue weighted by Crippen LogP contribution is 2.65. The fraction of sp³-hybridized carbons (Fsp3) is 0.471. The van der Waals surface area contributed by atoms with E-state index in [0.29, 0.717) is 18.4 Å². The molecule has 1 heterocycles. The maximum Gasteiger partial charge on any atom is 0.338 e. The van der Waals surface area contributed by atoms with Crippen LogP contribution in [0.2, 0.25) is 0 Å². The molecule has 354 valence electrons. The van der Waals surface area contributed by atoms with Crippen molar-refractivity contribution in [3.05, 3.63) is 119 Å². The largest absolute Gasteiger partial charge is 0.461 e. The first-order valence-electron chi connectivity index (χ1n) is 22.5. The molecule has 4 fully saturated rings. The molecule has 5 aliphatic rings. The van der Waals surface area contributed by atoms with Gasteiger partial charge in [0.1, 0.15) is 30.0 Å². The van der Waals surface area contributed by atoms with Crippen LogP contribution in [0.3, 0.4) is 0 Å². The number of Topliss-reactive ketones (excluding diaryl/α,β-unsaturated/α-hetero) is 1. The number of carbonyl (C=O) groups excluding carboxylic acids is 7. The van der Waals surface area contributed by atoms with E-state index in [9.17, 15) is 39.0 Å². The van der Waals surface area contributed by atoms with Gasteiger partial charge in [0.25, 0.3) is 5.91 Å². The number of hydrogen-bond acceptors (Lipinski definition) is 15. The monoisotopic (exact) mass is 921 g/mol. The summed E-state index contributed by atoms with van der Waals surface area (Å²) in [4.78, 5) is 98.6. The van der Waals surface area contributed by atoms with E-state index in [0.717, 1.165) is 13.8 Å². The number of aliphatic hydroxyl groups is 2. The van der Waals surface area contributed by atoms with Gasteiger partial charge >= 0.3 is 29.8 Å². The van der Waals surface area contributed by atoms with Crippen molar-refractivity contribution in [2.45, 2.75) is 121 Å². The second-order valence-corrected chi connectivity index (χ2v) is 19.0. The number of benzene rings is 3. The highest BCUT2D eigenvalue weighted by molar-refractivity contribution is 5.96. The van der Waals surface area contributed by atoms with Crippen molar-refractivity contribution in [3.63, 3.8) is 0 Å². The Bertz CT molecular complexity index is 2490. The van der Waals surface area contributed by atoms with Crippen LogP contribution in [0.25, 0.3) is 0 Å². The Balaban J connectivity index is 1.30. The summed E-state index contributed by atoms with van der Waals surface area (Å²) in [5, 5.41) is 28.6. The van der Waals surface area contributed by atoms with E-state index >= 15 is 4.79 Å². The third-order valence-electron chi connectivity index (χ3n) is 14.6. The van der Waals surface area contributed by atoms with Crippen molar-refractivity contribution >= 4 is 41.5 Å². The van der Waals surface area contributed by atoms with Crippen LogP contribution >= 0.6 is 0 Å². The van der Waals surface area contributed by atoms with Gasteiger partial charge in [0, 0.05) is 37.7 Å². The van der Waals surface area contributed by atoms with Crippen molar-refractivity contribution in [3.8, 4) is 0 Å². The summed E-state index contributed by atoms with van der Waals surface area (Å²) < 4.78 is 37.1. The number of ketones is 1. The zero-order chi connectivity index (χ0) is 48.2. The summed E-state index contributed by atoms with van der Waals surface area (Å²) in [7, 11) is 0. The number of nitrogens with one attached hydrogen (secondary N) is 1. The fourth-order valence-corrected chi connectivity index (χ4v) is 10.9. The molecule has 8 rings (SSSR count). The van der Waals surface area contributed by atoms with Gasteiger partial charge in [-0.15, -0.1) is 0 Å². The summed E-state index contributed by atoms with van der Waals surface area (Å²) in [5.41, 5.74) is -7.15. The lowest BCUT2D eigenvalue weighted by Gasteiger charge is -2.67. The van der Waals surface area contributed by atoms with Crippen LogP contribution < -0.4 is 5.32 Å². The van der Waals surface area contributed by atoms with Crippen LogP contribution in [-0.4, -0.2) is 106 Å². The van der Waals surface area contributed by atoms with Crippen molar-refractivity contribution in [1.29, 1.82) is 0 Å². The Kier molecular flexibility index (Phi) is 12.5. The number of fused-ring (bicyclic) bond motifs is 5. The molecule has 11 atom stereocenters. The number of ether oxygens (including phenoxy) is 6. The van der Waals surface area contributed by atoms with Gasteiger partial charge in [0.15, 0.2) is 23.6 Å². The quantitative estimate of drug-likeness (QED) is 0.127. The molecule has 0 aromatic heterocycles. The van der Waals surface area contributed by atoms with Gasteiger partial charge < -0.3 is 44.0 Å². The Labute approximate surface area is 387 Å². The molecule has 2 bridgehead atoms. The van der Waals surface area contributed by atoms with Crippen LogP contribution in [0, 0.1) is 22.7 Å². The number of hydrogen-bond donors (Lipinski definition) is 3. The lowest BCUT2D eigenvalue weighted by atomic mass is 9.44. The molecular formula is C51H55NO15. The number of esters is 5. The zero-order valence-corrected chi connectivity index (χ0v) is 38.1. The minimum Gasteiger partial charge on any atom is -0.461 e. The van der Waals surface area contributed by atoms with Gasteiger partial charge in [-0.05, 0) is 67.7 Å². The van der Waals surface area contributed by atoms with E-state index in [1.165, 1.54) is 26.0 Å². The van der Waals surface area contributed by atoms with E-state index in [1.54, 1.807) is 92.7 Å². The smallest absolute Gasteiger partial charge is 0.338 e. The molecular weight excluding hydrogens is 867 g/mol. The van der Waals surface area contributed by atoms with Gasteiger partial charge in [-0.2, -0.15) is 0 Å². The summed E-state index contributed by atoms with van der Waals surface area (Å²) in [6, 6.07) is 22.9. The van der Waals surface area contributed by atoms with Crippen LogP contribution in [-0.2, 0) is 52.4 Å². The summed E-state index contributed by atoms with van der Waals surface area (Å²) >= 11 is 0. The van der Waals surface area contributed by atoms with E-state index in [1.807, 2.05) is 0 Å². The molecule has 0 radical (unpaired) electrons. The average molecular weight is 922 g/mol. The fourth-order valence-electron chi connectivity index (χ4n) is 10.9. The molecule has 3 saturated carbocycles. The van der Waals surface area contributed by atoms with Gasteiger partial charge in [-0.3, -0.25) is 24.0 Å². The zero-order valence-electron chi connectivity index (χ0n) is 38.1. The van der Waals surface area contributed by atoms with E-state index in [4.69, 9.17) is 28.4 Å². The van der Waals surface area contributed by atoms with Crippen molar-refractivity contribution in [2.24, 2.45) is 22.7 Å². The molecule has 3 aromatic rings. The van der Waals surface area contributed by atoms with E-state index < -0.39 is 124 Å². The van der Waals surface area contributed by atoms with Gasteiger partial charge in [-0.25, -0.2) is 9.59 Å². The number of aliphatic hydroxyl groups excluding tert-OH is 1. The maximum atomic E-state index is 16.0. The minimum atomic E-state index is -2.43. The van der Waals surface area contributed by atoms with Gasteiger partial charge in [0.05, 0.1) is 35.5 Å². The van der Waals surface area contributed by atoms with E-state index in [2.05, 4.69) is 5.32 Å². The number of rotatable bonds is 12. The van der Waals surface area contributed by atoms with Crippen LogP contribution in [0.1, 0.15) is 99.5 Å². The summed E-state index contributed by atoms with van der Waals surface area (Å²) in [6.07, 6.45) is -9.26. The summed E-state index contributed by atoms with van der Waals surface area (Å²) in [6.45, 7) is 8.07. The summed E-state index contributed by atoms with van der Waals surface area (Å²) in [5.74, 6) is -7.90. The number of carbonyl (C=O) groups is 7. The maximum absolute atomic E-state index is 16.0. The molecule has 0 unspecified atom stereocenters. The molecule has 0 spiro atoms. The van der Waals surface area contributed by atoms with Crippen molar-refractivity contribution < 1.29 is 72.2 Å². The van der Waals surface area contributed by atoms with E-state index in [-0.39, 0.29) is 35.3 Å². The first-order chi connectivity index (χ1) is 31.7. The highest BCUT2D eigenvalue weighted by Gasteiger charge is 2.79. The van der Waals surface area contributed by atoms with Crippen LogP contribution in [0.5, 0.6) is 0 Å². The van der Waals surface area contributed by atoms with Crippen molar-refractivity contribution in [2.75, 3.05) is 6.61 Å². The Morgan fingerprint density at radius 3 is 1.94 bits per heavy atom. The molecule has 4 aliphatic carbocycles. The highest BCUT2D eigenvalue weighted by atomic mass is 16.6. The second kappa shape index (κ2) is 17.8. The molecule has 1 amide bonds. The molecule has 1 saturated heterocycles. The molecule has 1 aliphatic heterocycles. The lowest BCUT2D eigenvalue weighted by Crippen LogP contribution is -2.82. The lowest BCUT2D eigenvalue weighted by molar-refractivity contribution is -0.346. The first-order valence-corrected chi connectivity index (χ1v) is 22.5. The molecule has 16 nitrogen and oxygen atoms in total. The van der Waals surface area contributed by atoms with Crippen molar-refractivity contribution in [1.82, 2.24) is 5.32 Å². The molecule has 67 heavy (non-hydrogen) atoms. The average Bonchev–Trinajstić information content (AvgIpc) is 4.15. The topological polar surface area (TPSA) is 227 Å². The third kappa shape index (κ3) is 8.22. The number of amides is 1. The van der Waals surface area contributed by atoms with Crippen LogP contribution in [0.15, 0.2) is 102 Å².